The maximum absolute atomic E-state index is 3.65. The van der Waals surface area contributed by atoms with E-state index in [0.717, 1.165) is 12.5 Å². The normalized spacial score (nSPS) is 28.5. The van der Waals surface area contributed by atoms with Crippen molar-refractivity contribution in [1.82, 2.24) is 10.2 Å². The Morgan fingerprint density at radius 1 is 1.24 bits per heavy atom. The van der Waals surface area contributed by atoms with Gasteiger partial charge in [0.2, 0.25) is 0 Å². The molecule has 2 heteroatoms. The third-order valence-electron chi connectivity index (χ3n) is 5.38. The molecule has 2 nitrogen and oxygen atoms in total. The smallest absolute Gasteiger partial charge is 0.0120 e. The summed E-state index contributed by atoms with van der Waals surface area (Å²) in [5.41, 5.74) is 1.47. The Kier molecular flexibility index (Phi) is 6.25. The van der Waals surface area contributed by atoms with Gasteiger partial charge in [-0.1, -0.05) is 51.1 Å². The lowest BCUT2D eigenvalue weighted by atomic mass is 9.86. The molecule has 0 spiro atoms. The lowest BCUT2D eigenvalue weighted by Crippen LogP contribution is -2.53. The third-order valence-corrected chi connectivity index (χ3v) is 5.38. The summed E-state index contributed by atoms with van der Waals surface area (Å²) in [6.07, 6.45) is 2.55. The van der Waals surface area contributed by atoms with Crippen molar-refractivity contribution in [3.63, 3.8) is 0 Å². The molecule has 1 N–H and O–H groups in total. The molecule has 4 unspecified atom stereocenters. The SMILES string of the molecule is CCNC1CCN(CCC(C)c2ccccc2)C(C)C1C. The van der Waals surface area contributed by atoms with Crippen molar-refractivity contribution >= 4 is 0 Å². The largest absolute Gasteiger partial charge is 0.314 e. The van der Waals surface area contributed by atoms with Gasteiger partial charge in [0.25, 0.3) is 0 Å². The number of hydrogen-bond acceptors (Lipinski definition) is 2. The van der Waals surface area contributed by atoms with Crippen LogP contribution in [0.25, 0.3) is 0 Å². The molecular formula is C19H32N2. The first-order valence-corrected chi connectivity index (χ1v) is 8.65. The third kappa shape index (κ3) is 4.31. The standard InChI is InChI=1S/C19H32N2/c1-5-20-19-12-14-21(17(4)16(19)3)13-11-15(2)18-9-7-6-8-10-18/h6-10,15-17,19-20H,5,11-14H2,1-4H3. The Hall–Kier alpha value is -0.860. The number of nitrogens with one attached hydrogen (secondary N) is 1. The van der Waals surface area contributed by atoms with Crippen LogP contribution in [-0.4, -0.2) is 36.6 Å². The van der Waals surface area contributed by atoms with Crippen molar-refractivity contribution in [2.75, 3.05) is 19.6 Å². The zero-order valence-electron chi connectivity index (χ0n) is 14.2. The molecule has 1 aromatic rings. The first-order chi connectivity index (χ1) is 10.1. The molecule has 4 atom stereocenters. The van der Waals surface area contributed by atoms with Crippen LogP contribution in [-0.2, 0) is 0 Å². The van der Waals surface area contributed by atoms with Crippen LogP contribution in [0.2, 0.25) is 0 Å². The van der Waals surface area contributed by atoms with Gasteiger partial charge in [0.1, 0.15) is 0 Å². The van der Waals surface area contributed by atoms with E-state index in [0.29, 0.717) is 18.0 Å². The highest BCUT2D eigenvalue weighted by Crippen LogP contribution is 2.26. The summed E-state index contributed by atoms with van der Waals surface area (Å²) < 4.78 is 0. The topological polar surface area (TPSA) is 15.3 Å². The second-order valence-electron chi connectivity index (χ2n) is 6.69. The first-order valence-electron chi connectivity index (χ1n) is 8.65. The molecule has 21 heavy (non-hydrogen) atoms. The van der Waals surface area contributed by atoms with Crippen molar-refractivity contribution in [1.29, 1.82) is 0 Å². The van der Waals surface area contributed by atoms with E-state index in [1.54, 1.807) is 0 Å². The highest BCUT2D eigenvalue weighted by molar-refractivity contribution is 5.18. The molecule has 0 aromatic heterocycles. The van der Waals surface area contributed by atoms with Gasteiger partial charge < -0.3 is 10.2 Å². The van der Waals surface area contributed by atoms with E-state index in [-0.39, 0.29) is 0 Å². The maximum atomic E-state index is 3.65. The van der Waals surface area contributed by atoms with E-state index >= 15 is 0 Å². The monoisotopic (exact) mass is 288 g/mol. The number of benzene rings is 1. The van der Waals surface area contributed by atoms with Crippen molar-refractivity contribution in [2.24, 2.45) is 5.92 Å². The fourth-order valence-corrected chi connectivity index (χ4v) is 3.61. The lowest BCUT2D eigenvalue weighted by Gasteiger charge is -2.43. The Labute approximate surface area is 130 Å². The Morgan fingerprint density at radius 2 is 1.95 bits per heavy atom. The molecule has 1 aromatic carbocycles. The minimum absolute atomic E-state index is 0.653. The van der Waals surface area contributed by atoms with Crippen molar-refractivity contribution in [3.8, 4) is 0 Å². The summed E-state index contributed by atoms with van der Waals surface area (Å²) in [6.45, 7) is 12.9. The van der Waals surface area contributed by atoms with E-state index in [1.807, 2.05) is 0 Å². The van der Waals surface area contributed by atoms with Crippen LogP contribution >= 0.6 is 0 Å². The van der Waals surface area contributed by atoms with Gasteiger partial charge in [-0.3, -0.25) is 0 Å². The molecule has 1 heterocycles. The zero-order valence-corrected chi connectivity index (χ0v) is 14.2. The average Bonchev–Trinajstić information content (AvgIpc) is 2.52. The number of piperidine rings is 1. The van der Waals surface area contributed by atoms with Crippen LogP contribution in [0.4, 0.5) is 0 Å². The summed E-state index contributed by atoms with van der Waals surface area (Å²) >= 11 is 0. The molecule has 0 bridgehead atoms. The van der Waals surface area contributed by atoms with Crippen LogP contribution in [0.1, 0.15) is 52.0 Å². The summed E-state index contributed by atoms with van der Waals surface area (Å²) in [5.74, 6) is 1.39. The van der Waals surface area contributed by atoms with Crippen LogP contribution in [0.3, 0.4) is 0 Å². The lowest BCUT2D eigenvalue weighted by molar-refractivity contribution is 0.0831. The predicted octanol–water partition coefficient (Wildman–Crippen LogP) is 3.89. The minimum Gasteiger partial charge on any atom is -0.314 e. The molecule has 1 fully saturated rings. The van der Waals surface area contributed by atoms with Gasteiger partial charge in [-0.25, -0.2) is 0 Å². The van der Waals surface area contributed by atoms with Gasteiger partial charge in [-0.2, -0.15) is 0 Å². The van der Waals surface area contributed by atoms with Crippen LogP contribution in [0.15, 0.2) is 30.3 Å². The second kappa shape index (κ2) is 7.95. The average molecular weight is 288 g/mol. The zero-order chi connectivity index (χ0) is 15.2. The van der Waals surface area contributed by atoms with Crippen molar-refractivity contribution < 1.29 is 0 Å². The van der Waals surface area contributed by atoms with E-state index in [1.165, 1.54) is 31.5 Å². The van der Waals surface area contributed by atoms with Gasteiger partial charge in [0.15, 0.2) is 0 Å². The minimum atomic E-state index is 0.653. The van der Waals surface area contributed by atoms with E-state index in [2.05, 4.69) is 68.2 Å². The highest BCUT2D eigenvalue weighted by Gasteiger charge is 2.31. The Morgan fingerprint density at radius 3 is 2.62 bits per heavy atom. The molecule has 118 valence electrons. The van der Waals surface area contributed by atoms with Gasteiger partial charge in [-0.15, -0.1) is 0 Å². The molecule has 0 aliphatic carbocycles. The number of nitrogens with zero attached hydrogens (tertiary/aromatic N) is 1. The van der Waals surface area contributed by atoms with E-state index in [9.17, 15) is 0 Å². The maximum Gasteiger partial charge on any atom is 0.0120 e. The van der Waals surface area contributed by atoms with Gasteiger partial charge in [-0.05, 0) is 56.8 Å². The number of rotatable bonds is 6. The van der Waals surface area contributed by atoms with Crippen LogP contribution in [0, 0.1) is 5.92 Å². The molecule has 0 radical (unpaired) electrons. The quantitative estimate of drug-likeness (QED) is 0.854. The number of likely N-dealkylation sites (tertiary alicyclic amines) is 1. The Balaban J connectivity index is 1.84. The molecule has 2 rings (SSSR count). The fraction of sp³-hybridized carbons (Fsp3) is 0.684. The number of hydrogen-bond donors (Lipinski definition) is 1. The van der Waals surface area contributed by atoms with Crippen molar-refractivity contribution in [2.45, 2.75) is 58.5 Å². The summed E-state index contributed by atoms with van der Waals surface area (Å²) in [4.78, 5) is 2.69. The van der Waals surface area contributed by atoms with Crippen molar-refractivity contribution in [3.05, 3.63) is 35.9 Å². The molecule has 1 saturated heterocycles. The molecule has 0 saturated carbocycles. The summed E-state index contributed by atoms with van der Waals surface area (Å²) in [6, 6.07) is 12.3. The predicted molar refractivity (Wildman–Crippen MR) is 91.8 cm³/mol. The summed E-state index contributed by atoms with van der Waals surface area (Å²) in [7, 11) is 0. The van der Waals surface area contributed by atoms with E-state index < -0.39 is 0 Å². The van der Waals surface area contributed by atoms with Crippen LogP contribution in [0.5, 0.6) is 0 Å². The second-order valence-corrected chi connectivity index (χ2v) is 6.69. The molecule has 0 amide bonds. The molecule has 1 aliphatic rings. The summed E-state index contributed by atoms with van der Waals surface area (Å²) in [5, 5.41) is 3.65. The molecule has 1 aliphatic heterocycles. The fourth-order valence-electron chi connectivity index (χ4n) is 3.61. The van der Waals surface area contributed by atoms with E-state index in [4.69, 9.17) is 0 Å². The Bertz CT molecular complexity index is 403. The van der Waals surface area contributed by atoms with Gasteiger partial charge >= 0.3 is 0 Å². The molecular weight excluding hydrogens is 256 g/mol. The van der Waals surface area contributed by atoms with Gasteiger partial charge in [0, 0.05) is 12.1 Å². The van der Waals surface area contributed by atoms with Gasteiger partial charge in [0.05, 0.1) is 0 Å². The first kappa shape index (κ1) is 16.5. The van der Waals surface area contributed by atoms with Crippen LogP contribution < -0.4 is 5.32 Å². The highest BCUT2D eigenvalue weighted by atomic mass is 15.2.